The van der Waals surface area contributed by atoms with Crippen LogP contribution in [0.5, 0.6) is 0 Å². The van der Waals surface area contributed by atoms with Crippen LogP contribution in [0.15, 0.2) is 18.2 Å². The lowest BCUT2D eigenvalue weighted by molar-refractivity contribution is 0.0527. The summed E-state index contributed by atoms with van der Waals surface area (Å²) >= 11 is 0. The van der Waals surface area contributed by atoms with Gasteiger partial charge in [0.2, 0.25) is 0 Å². The summed E-state index contributed by atoms with van der Waals surface area (Å²) in [4.78, 5) is 11.7. The van der Waals surface area contributed by atoms with Crippen molar-refractivity contribution in [2.24, 2.45) is 5.92 Å². The maximum Gasteiger partial charge on any atom is 0.340 e. The molecule has 0 saturated heterocycles. The third-order valence-corrected chi connectivity index (χ3v) is 3.41. The Morgan fingerprint density at radius 3 is 2.89 bits per heavy atom. The Morgan fingerprint density at radius 1 is 1.50 bits per heavy atom. The molecule has 18 heavy (non-hydrogen) atoms. The quantitative estimate of drug-likeness (QED) is 0.621. The zero-order valence-corrected chi connectivity index (χ0v) is 10.7. The molecule has 2 rings (SSSR count). The molecule has 0 heterocycles. The molecule has 1 aliphatic rings. The average molecular weight is 248 g/mol. The number of nitrogen functional groups attached to an aromatic ring is 1. The molecule has 1 fully saturated rings. The van der Waals surface area contributed by atoms with Crippen molar-refractivity contribution < 1.29 is 9.53 Å². The van der Waals surface area contributed by atoms with E-state index >= 15 is 0 Å². The largest absolute Gasteiger partial charge is 0.462 e. The summed E-state index contributed by atoms with van der Waals surface area (Å²) in [5.41, 5.74) is 7.75. The standard InChI is InChI=1S/C14H20N2O2/c1-2-18-14(17)11-7-4-8-12(13(11)15)16-9-10-5-3-6-10/h4,7-8,10,16H,2-3,5-6,9,15H2,1H3. The van der Waals surface area contributed by atoms with Gasteiger partial charge in [-0.25, -0.2) is 4.79 Å². The van der Waals surface area contributed by atoms with Gasteiger partial charge in [-0.1, -0.05) is 12.5 Å². The van der Waals surface area contributed by atoms with Crippen LogP contribution in [0, 0.1) is 5.92 Å². The first-order chi connectivity index (χ1) is 8.72. The van der Waals surface area contributed by atoms with E-state index in [0.717, 1.165) is 18.2 Å². The van der Waals surface area contributed by atoms with Gasteiger partial charge in [0.15, 0.2) is 0 Å². The summed E-state index contributed by atoms with van der Waals surface area (Å²) in [7, 11) is 0. The number of esters is 1. The molecular weight excluding hydrogens is 228 g/mol. The summed E-state index contributed by atoms with van der Waals surface area (Å²) in [6.45, 7) is 3.07. The molecular formula is C14H20N2O2. The van der Waals surface area contributed by atoms with Crippen LogP contribution in [-0.4, -0.2) is 19.1 Å². The van der Waals surface area contributed by atoms with Crippen LogP contribution in [0.2, 0.25) is 0 Å². The van der Waals surface area contributed by atoms with Gasteiger partial charge in [0, 0.05) is 6.54 Å². The zero-order chi connectivity index (χ0) is 13.0. The molecule has 0 aliphatic heterocycles. The van der Waals surface area contributed by atoms with Crippen molar-refractivity contribution in [3.8, 4) is 0 Å². The number of hydrogen-bond acceptors (Lipinski definition) is 4. The number of carbonyl (C=O) groups excluding carboxylic acids is 1. The van der Waals surface area contributed by atoms with Crippen LogP contribution in [0.3, 0.4) is 0 Å². The molecule has 4 nitrogen and oxygen atoms in total. The van der Waals surface area contributed by atoms with Crippen molar-refractivity contribution in [2.45, 2.75) is 26.2 Å². The number of anilines is 2. The van der Waals surface area contributed by atoms with Gasteiger partial charge in [0.05, 0.1) is 23.5 Å². The fraction of sp³-hybridized carbons (Fsp3) is 0.500. The van der Waals surface area contributed by atoms with Crippen LogP contribution in [-0.2, 0) is 4.74 Å². The van der Waals surface area contributed by atoms with Crippen molar-refractivity contribution >= 4 is 17.3 Å². The Kier molecular flexibility index (Phi) is 4.07. The molecule has 0 radical (unpaired) electrons. The number of para-hydroxylation sites is 1. The van der Waals surface area contributed by atoms with Gasteiger partial charge in [-0.3, -0.25) is 0 Å². The molecule has 0 amide bonds. The second-order valence-electron chi connectivity index (χ2n) is 4.67. The normalized spacial score (nSPS) is 14.9. The van der Waals surface area contributed by atoms with E-state index in [2.05, 4.69) is 5.32 Å². The molecule has 0 unspecified atom stereocenters. The highest BCUT2D eigenvalue weighted by Gasteiger charge is 2.18. The predicted molar refractivity (Wildman–Crippen MR) is 72.6 cm³/mol. The number of hydrogen-bond donors (Lipinski definition) is 2. The Labute approximate surface area is 108 Å². The minimum Gasteiger partial charge on any atom is -0.462 e. The first kappa shape index (κ1) is 12.7. The third-order valence-electron chi connectivity index (χ3n) is 3.41. The molecule has 1 aromatic carbocycles. The molecule has 1 aromatic rings. The van der Waals surface area contributed by atoms with Crippen molar-refractivity contribution in [3.05, 3.63) is 23.8 Å². The van der Waals surface area contributed by atoms with Gasteiger partial charge in [0.25, 0.3) is 0 Å². The highest BCUT2D eigenvalue weighted by atomic mass is 16.5. The third kappa shape index (κ3) is 2.75. The summed E-state index contributed by atoms with van der Waals surface area (Å²) in [6, 6.07) is 5.42. The Hall–Kier alpha value is -1.71. The lowest BCUT2D eigenvalue weighted by Gasteiger charge is -2.26. The minimum atomic E-state index is -0.359. The monoisotopic (exact) mass is 248 g/mol. The van der Waals surface area contributed by atoms with E-state index in [4.69, 9.17) is 10.5 Å². The molecule has 0 spiro atoms. The van der Waals surface area contributed by atoms with Crippen LogP contribution >= 0.6 is 0 Å². The highest BCUT2D eigenvalue weighted by molar-refractivity contribution is 5.98. The van der Waals surface area contributed by atoms with Crippen molar-refractivity contribution in [1.29, 1.82) is 0 Å². The van der Waals surface area contributed by atoms with Crippen LogP contribution in [0.25, 0.3) is 0 Å². The van der Waals surface area contributed by atoms with Gasteiger partial charge in [-0.15, -0.1) is 0 Å². The molecule has 0 aromatic heterocycles. The number of carbonyl (C=O) groups is 1. The van der Waals surface area contributed by atoms with E-state index in [9.17, 15) is 4.79 Å². The Morgan fingerprint density at radius 2 is 2.28 bits per heavy atom. The van der Waals surface area contributed by atoms with E-state index < -0.39 is 0 Å². The van der Waals surface area contributed by atoms with E-state index in [1.165, 1.54) is 19.3 Å². The lowest BCUT2D eigenvalue weighted by Crippen LogP contribution is -2.21. The number of ether oxygens (including phenoxy) is 1. The van der Waals surface area contributed by atoms with Crippen LogP contribution in [0.1, 0.15) is 36.5 Å². The Balaban J connectivity index is 2.05. The van der Waals surface area contributed by atoms with E-state index in [-0.39, 0.29) is 5.97 Å². The molecule has 1 aliphatic carbocycles. The summed E-state index contributed by atoms with van der Waals surface area (Å²) in [6.07, 6.45) is 3.89. The lowest BCUT2D eigenvalue weighted by atomic mass is 9.85. The second kappa shape index (κ2) is 5.76. The zero-order valence-electron chi connectivity index (χ0n) is 10.7. The van der Waals surface area contributed by atoms with Gasteiger partial charge in [-0.2, -0.15) is 0 Å². The fourth-order valence-electron chi connectivity index (χ4n) is 2.06. The first-order valence-corrected chi connectivity index (χ1v) is 6.52. The number of rotatable bonds is 5. The molecule has 4 heteroatoms. The topological polar surface area (TPSA) is 64.3 Å². The summed E-state index contributed by atoms with van der Waals surface area (Å²) in [5, 5.41) is 3.32. The minimum absolute atomic E-state index is 0.359. The average Bonchev–Trinajstić information content (AvgIpc) is 2.29. The maximum atomic E-state index is 11.7. The number of nitrogens with one attached hydrogen (secondary N) is 1. The summed E-state index contributed by atoms with van der Waals surface area (Å²) < 4.78 is 4.97. The van der Waals surface area contributed by atoms with Gasteiger partial charge < -0.3 is 15.8 Å². The van der Waals surface area contributed by atoms with E-state index in [1.807, 2.05) is 12.1 Å². The smallest absolute Gasteiger partial charge is 0.340 e. The van der Waals surface area contributed by atoms with E-state index in [1.54, 1.807) is 13.0 Å². The van der Waals surface area contributed by atoms with Gasteiger partial charge >= 0.3 is 5.97 Å². The first-order valence-electron chi connectivity index (χ1n) is 6.52. The van der Waals surface area contributed by atoms with Crippen molar-refractivity contribution in [2.75, 3.05) is 24.2 Å². The number of nitrogens with two attached hydrogens (primary N) is 1. The molecule has 0 bridgehead atoms. The van der Waals surface area contributed by atoms with Crippen LogP contribution in [0.4, 0.5) is 11.4 Å². The molecule has 1 saturated carbocycles. The SMILES string of the molecule is CCOC(=O)c1cccc(NCC2CCC2)c1N. The maximum absolute atomic E-state index is 11.7. The fourth-order valence-corrected chi connectivity index (χ4v) is 2.06. The second-order valence-corrected chi connectivity index (χ2v) is 4.67. The molecule has 0 atom stereocenters. The van der Waals surface area contributed by atoms with Gasteiger partial charge in [0.1, 0.15) is 0 Å². The van der Waals surface area contributed by atoms with Crippen molar-refractivity contribution in [3.63, 3.8) is 0 Å². The highest BCUT2D eigenvalue weighted by Crippen LogP contribution is 2.28. The van der Waals surface area contributed by atoms with Crippen molar-refractivity contribution in [1.82, 2.24) is 0 Å². The summed E-state index contributed by atoms with van der Waals surface area (Å²) in [5.74, 6) is 0.387. The van der Waals surface area contributed by atoms with Crippen LogP contribution < -0.4 is 11.1 Å². The number of benzene rings is 1. The van der Waals surface area contributed by atoms with Gasteiger partial charge in [-0.05, 0) is 37.8 Å². The molecule has 98 valence electrons. The molecule has 3 N–H and O–H groups in total. The van der Waals surface area contributed by atoms with E-state index in [0.29, 0.717) is 17.9 Å². The predicted octanol–water partition coefficient (Wildman–Crippen LogP) is 2.66. The Bertz CT molecular complexity index is 428.